The maximum atomic E-state index is 12.1. The highest BCUT2D eigenvalue weighted by Crippen LogP contribution is 2.21. The van der Waals surface area contributed by atoms with E-state index in [2.05, 4.69) is 16.4 Å². The van der Waals surface area contributed by atoms with Crippen LogP contribution in [0.5, 0.6) is 0 Å². The number of pyridine rings is 1. The average Bonchev–Trinajstić information content (AvgIpc) is 2.63. The highest BCUT2D eigenvalue weighted by molar-refractivity contribution is 7.99. The topological polar surface area (TPSA) is 65.8 Å². The number of nitriles is 1. The lowest BCUT2D eigenvalue weighted by atomic mass is 10.2. The number of carbonyl (C=O) groups excluding carboxylic acids is 1. The van der Waals surface area contributed by atoms with E-state index in [0.717, 1.165) is 27.9 Å². The Bertz CT molecular complexity index is 895. The third-order valence-electron chi connectivity index (χ3n) is 3.49. The Morgan fingerprint density at radius 3 is 2.71 bits per heavy atom. The van der Waals surface area contributed by atoms with Crippen LogP contribution in [0.1, 0.15) is 11.1 Å². The number of benzene rings is 2. The molecule has 1 amide bonds. The molecule has 1 N–H and O–H groups in total. The quantitative estimate of drug-likeness (QED) is 0.767. The van der Waals surface area contributed by atoms with E-state index in [1.54, 1.807) is 18.3 Å². The van der Waals surface area contributed by atoms with Crippen molar-refractivity contribution in [3.63, 3.8) is 0 Å². The SMILES string of the molecule is N#Cc1ccc(CSCC(=O)Nc2cccc3cccnc23)cc1. The molecule has 1 aromatic heterocycles. The molecule has 0 spiro atoms. The summed E-state index contributed by atoms with van der Waals surface area (Å²) in [6, 6.07) is 19.1. The van der Waals surface area contributed by atoms with E-state index in [-0.39, 0.29) is 5.91 Å². The normalized spacial score (nSPS) is 10.3. The summed E-state index contributed by atoms with van der Waals surface area (Å²) in [6.45, 7) is 0. The van der Waals surface area contributed by atoms with Crippen LogP contribution in [0, 0.1) is 11.3 Å². The van der Waals surface area contributed by atoms with Gasteiger partial charge in [-0.3, -0.25) is 9.78 Å². The molecule has 0 fully saturated rings. The maximum Gasteiger partial charge on any atom is 0.234 e. The van der Waals surface area contributed by atoms with Gasteiger partial charge in [0.25, 0.3) is 0 Å². The third-order valence-corrected chi connectivity index (χ3v) is 4.50. The minimum Gasteiger partial charge on any atom is -0.323 e. The van der Waals surface area contributed by atoms with Gasteiger partial charge < -0.3 is 5.32 Å². The standard InChI is InChI=1S/C19H15N3OS/c20-11-14-6-8-15(9-7-14)12-24-13-18(23)22-17-5-1-3-16-4-2-10-21-19(16)17/h1-10H,12-13H2,(H,22,23). The number of thioether (sulfide) groups is 1. The molecule has 0 bridgehead atoms. The van der Waals surface area contributed by atoms with Crippen LogP contribution in [0.15, 0.2) is 60.8 Å². The van der Waals surface area contributed by atoms with Crippen LogP contribution in [0.3, 0.4) is 0 Å². The number of para-hydroxylation sites is 1. The van der Waals surface area contributed by atoms with Crippen LogP contribution in [-0.4, -0.2) is 16.6 Å². The fourth-order valence-electron chi connectivity index (χ4n) is 2.33. The van der Waals surface area contributed by atoms with Crippen molar-refractivity contribution < 1.29 is 4.79 Å². The second kappa shape index (κ2) is 7.62. The number of nitrogens with zero attached hydrogens (tertiary/aromatic N) is 2. The van der Waals surface area contributed by atoms with Gasteiger partial charge in [-0.15, -0.1) is 11.8 Å². The molecule has 0 saturated heterocycles. The second-order valence-electron chi connectivity index (χ2n) is 5.23. The van der Waals surface area contributed by atoms with Crippen LogP contribution >= 0.6 is 11.8 Å². The lowest BCUT2D eigenvalue weighted by molar-refractivity contribution is -0.113. The zero-order valence-electron chi connectivity index (χ0n) is 12.9. The highest BCUT2D eigenvalue weighted by Gasteiger charge is 2.07. The number of rotatable bonds is 5. The molecular formula is C19H15N3OS. The molecule has 0 saturated carbocycles. The molecule has 4 nitrogen and oxygen atoms in total. The maximum absolute atomic E-state index is 12.1. The van der Waals surface area contributed by atoms with Gasteiger partial charge in [0, 0.05) is 17.3 Å². The van der Waals surface area contributed by atoms with Gasteiger partial charge in [0.2, 0.25) is 5.91 Å². The van der Waals surface area contributed by atoms with Crippen molar-refractivity contribution in [3.8, 4) is 6.07 Å². The number of amides is 1. The lowest BCUT2D eigenvalue weighted by Crippen LogP contribution is -2.14. The Morgan fingerprint density at radius 1 is 1.12 bits per heavy atom. The number of nitrogens with one attached hydrogen (secondary N) is 1. The first kappa shape index (κ1) is 16.0. The number of carbonyl (C=O) groups is 1. The van der Waals surface area contributed by atoms with E-state index in [1.807, 2.05) is 42.5 Å². The van der Waals surface area contributed by atoms with Crippen LogP contribution in [0.4, 0.5) is 5.69 Å². The molecule has 3 aromatic rings. The third kappa shape index (κ3) is 3.92. The molecule has 0 aliphatic heterocycles. The van der Waals surface area contributed by atoms with Crippen LogP contribution < -0.4 is 5.32 Å². The molecule has 24 heavy (non-hydrogen) atoms. The number of hydrogen-bond acceptors (Lipinski definition) is 4. The van der Waals surface area contributed by atoms with Gasteiger partial charge in [0.05, 0.1) is 28.6 Å². The van der Waals surface area contributed by atoms with Crippen molar-refractivity contribution in [3.05, 3.63) is 71.9 Å². The fourth-order valence-corrected chi connectivity index (χ4v) is 3.12. The molecule has 0 aliphatic rings. The number of anilines is 1. The number of fused-ring (bicyclic) bond motifs is 1. The first-order valence-corrected chi connectivity index (χ1v) is 8.62. The molecule has 0 radical (unpaired) electrons. The summed E-state index contributed by atoms with van der Waals surface area (Å²) in [5.74, 6) is 1.04. The Balaban J connectivity index is 1.56. The summed E-state index contributed by atoms with van der Waals surface area (Å²) in [6.07, 6.45) is 1.72. The average molecular weight is 333 g/mol. The molecule has 118 valence electrons. The highest BCUT2D eigenvalue weighted by atomic mass is 32.2. The van der Waals surface area contributed by atoms with E-state index >= 15 is 0 Å². The summed E-state index contributed by atoms with van der Waals surface area (Å²) >= 11 is 1.54. The summed E-state index contributed by atoms with van der Waals surface area (Å²) in [5, 5.41) is 12.7. The first-order chi connectivity index (χ1) is 11.8. The molecule has 3 rings (SSSR count). The van der Waals surface area contributed by atoms with Crippen molar-refractivity contribution in [1.82, 2.24) is 4.98 Å². The Labute approximate surface area is 144 Å². The molecule has 2 aromatic carbocycles. The minimum absolute atomic E-state index is 0.0493. The van der Waals surface area contributed by atoms with Gasteiger partial charge in [0.15, 0.2) is 0 Å². The summed E-state index contributed by atoms with van der Waals surface area (Å²) in [5.41, 5.74) is 3.27. The number of hydrogen-bond donors (Lipinski definition) is 1. The Kier molecular flexibility index (Phi) is 5.09. The van der Waals surface area contributed by atoms with E-state index in [1.165, 1.54) is 11.8 Å². The molecular weight excluding hydrogens is 318 g/mol. The molecule has 0 aliphatic carbocycles. The van der Waals surface area contributed by atoms with Crippen molar-refractivity contribution in [1.29, 1.82) is 5.26 Å². The van der Waals surface area contributed by atoms with Crippen molar-refractivity contribution >= 4 is 34.3 Å². The van der Waals surface area contributed by atoms with Gasteiger partial charge in [-0.1, -0.05) is 30.3 Å². The van der Waals surface area contributed by atoms with Crippen molar-refractivity contribution in [2.45, 2.75) is 5.75 Å². The fraction of sp³-hybridized carbons (Fsp3) is 0.105. The van der Waals surface area contributed by atoms with Gasteiger partial charge in [-0.05, 0) is 29.8 Å². The van der Waals surface area contributed by atoms with Crippen molar-refractivity contribution in [2.75, 3.05) is 11.1 Å². The predicted octanol–water partition coefficient (Wildman–Crippen LogP) is 3.98. The molecule has 5 heteroatoms. The minimum atomic E-state index is -0.0493. The summed E-state index contributed by atoms with van der Waals surface area (Å²) in [7, 11) is 0. The van der Waals surface area contributed by atoms with Gasteiger partial charge >= 0.3 is 0 Å². The predicted molar refractivity (Wildman–Crippen MR) is 97.7 cm³/mol. The molecule has 1 heterocycles. The second-order valence-corrected chi connectivity index (χ2v) is 6.22. The Morgan fingerprint density at radius 2 is 1.92 bits per heavy atom. The van der Waals surface area contributed by atoms with Gasteiger partial charge in [0.1, 0.15) is 0 Å². The zero-order valence-corrected chi connectivity index (χ0v) is 13.7. The van der Waals surface area contributed by atoms with Gasteiger partial charge in [-0.25, -0.2) is 0 Å². The van der Waals surface area contributed by atoms with Crippen LogP contribution in [0.2, 0.25) is 0 Å². The molecule has 0 atom stereocenters. The zero-order chi connectivity index (χ0) is 16.8. The smallest absolute Gasteiger partial charge is 0.234 e. The van der Waals surface area contributed by atoms with Gasteiger partial charge in [-0.2, -0.15) is 5.26 Å². The van der Waals surface area contributed by atoms with E-state index in [0.29, 0.717) is 11.3 Å². The monoisotopic (exact) mass is 333 g/mol. The summed E-state index contributed by atoms with van der Waals surface area (Å²) in [4.78, 5) is 16.5. The van der Waals surface area contributed by atoms with E-state index in [9.17, 15) is 4.79 Å². The lowest BCUT2D eigenvalue weighted by Gasteiger charge is -2.08. The first-order valence-electron chi connectivity index (χ1n) is 7.46. The van der Waals surface area contributed by atoms with Crippen molar-refractivity contribution in [2.24, 2.45) is 0 Å². The largest absolute Gasteiger partial charge is 0.323 e. The summed E-state index contributed by atoms with van der Waals surface area (Å²) < 4.78 is 0. The van der Waals surface area contributed by atoms with E-state index < -0.39 is 0 Å². The Hall–Kier alpha value is -2.84. The molecule has 0 unspecified atom stereocenters. The van der Waals surface area contributed by atoms with Crippen LogP contribution in [-0.2, 0) is 10.5 Å². The van der Waals surface area contributed by atoms with E-state index in [4.69, 9.17) is 5.26 Å². The number of aromatic nitrogens is 1. The van der Waals surface area contributed by atoms with Crippen LogP contribution in [0.25, 0.3) is 10.9 Å².